The van der Waals surface area contributed by atoms with E-state index in [2.05, 4.69) is 20.3 Å². The van der Waals surface area contributed by atoms with Gasteiger partial charge in [0, 0.05) is 12.7 Å². The number of fused-ring (bicyclic) bond motifs is 1. The minimum absolute atomic E-state index is 0.00459. The number of H-pyrrole nitrogens is 1. The molecule has 0 bridgehead atoms. The molecule has 1 atom stereocenters. The van der Waals surface area contributed by atoms with Gasteiger partial charge in [-0.15, -0.1) is 0 Å². The summed E-state index contributed by atoms with van der Waals surface area (Å²) < 4.78 is 40.2. The van der Waals surface area contributed by atoms with Gasteiger partial charge >= 0.3 is 6.18 Å². The van der Waals surface area contributed by atoms with Gasteiger partial charge < -0.3 is 10.3 Å². The van der Waals surface area contributed by atoms with Crippen molar-refractivity contribution >= 4 is 11.2 Å². The predicted octanol–water partition coefficient (Wildman–Crippen LogP) is 2.06. The molecular formula is C12H13F3N4. The van der Waals surface area contributed by atoms with Crippen molar-refractivity contribution in [1.82, 2.24) is 20.3 Å². The minimum atomic E-state index is -4.34. The zero-order valence-corrected chi connectivity index (χ0v) is 10.3. The third kappa shape index (κ3) is 1.72. The van der Waals surface area contributed by atoms with Crippen molar-refractivity contribution in [1.29, 1.82) is 0 Å². The van der Waals surface area contributed by atoms with Crippen LogP contribution in [-0.2, 0) is 5.41 Å². The maximum Gasteiger partial charge on any atom is 0.402 e. The van der Waals surface area contributed by atoms with Crippen LogP contribution in [0.25, 0.3) is 11.2 Å². The second-order valence-electron chi connectivity index (χ2n) is 4.92. The van der Waals surface area contributed by atoms with Crippen LogP contribution >= 0.6 is 0 Å². The molecule has 1 unspecified atom stereocenters. The van der Waals surface area contributed by atoms with Crippen LogP contribution in [0.1, 0.15) is 17.8 Å². The fourth-order valence-electron chi connectivity index (χ4n) is 2.53. The van der Waals surface area contributed by atoms with E-state index in [0.717, 1.165) is 5.56 Å². The Hall–Kier alpha value is -1.63. The Morgan fingerprint density at radius 3 is 2.74 bits per heavy atom. The Morgan fingerprint density at radius 2 is 2.16 bits per heavy atom. The lowest BCUT2D eigenvalue weighted by Crippen LogP contribution is -2.45. The second-order valence-corrected chi connectivity index (χ2v) is 4.92. The maximum absolute atomic E-state index is 13.4. The molecule has 1 aliphatic rings. The van der Waals surface area contributed by atoms with Crippen molar-refractivity contribution < 1.29 is 13.2 Å². The molecule has 2 aromatic rings. The molecule has 4 nitrogen and oxygen atoms in total. The lowest BCUT2D eigenvalue weighted by Gasteiger charge is -2.28. The highest BCUT2D eigenvalue weighted by atomic mass is 19.4. The minimum Gasteiger partial charge on any atom is -0.340 e. The number of halogens is 3. The van der Waals surface area contributed by atoms with Crippen LogP contribution in [0.5, 0.6) is 0 Å². The van der Waals surface area contributed by atoms with E-state index in [0.29, 0.717) is 17.7 Å². The van der Waals surface area contributed by atoms with Crippen LogP contribution < -0.4 is 5.32 Å². The number of imidazole rings is 1. The molecule has 0 amide bonds. The molecule has 0 saturated carbocycles. The van der Waals surface area contributed by atoms with Crippen molar-refractivity contribution in [2.75, 3.05) is 13.1 Å². The highest BCUT2D eigenvalue weighted by Crippen LogP contribution is 2.44. The number of aromatic amines is 1. The van der Waals surface area contributed by atoms with Crippen molar-refractivity contribution in [2.45, 2.75) is 24.9 Å². The lowest BCUT2D eigenvalue weighted by atomic mass is 9.85. The maximum atomic E-state index is 13.4. The number of pyridine rings is 1. The predicted molar refractivity (Wildman–Crippen MR) is 63.8 cm³/mol. The van der Waals surface area contributed by atoms with E-state index in [1.165, 1.54) is 0 Å². The fraction of sp³-hybridized carbons (Fsp3) is 0.500. The summed E-state index contributed by atoms with van der Waals surface area (Å²) in [7, 11) is 0. The van der Waals surface area contributed by atoms with Crippen LogP contribution in [0.2, 0.25) is 0 Å². The van der Waals surface area contributed by atoms with Crippen molar-refractivity contribution in [3.8, 4) is 0 Å². The number of aromatic nitrogens is 3. The van der Waals surface area contributed by atoms with Gasteiger partial charge in [0.25, 0.3) is 0 Å². The molecule has 102 valence electrons. The zero-order chi connectivity index (χ0) is 13.7. The molecule has 1 fully saturated rings. The van der Waals surface area contributed by atoms with Gasteiger partial charge in [0.05, 0.1) is 5.52 Å². The van der Waals surface area contributed by atoms with E-state index in [9.17, 15) is 13.2 Å². The van der Waals surface area contributed by atoms with Gasteiger partial charge in [-0.05, 0) is 31.5 Å². The largest absolute Gasteiger partial charge is 0.402 e. The van der Waals surface area contributed by atoms with Crippen LogP contribution in [0, 0.1) is 6.92 Å². The first-order valence-electron chi connectivity index (χ1n) is 6.03. The van der Waals surface area contributed by atoms with Gasteiger partial charge in [-0.1, -0.05) is 0 Å². The molecule has 1 aliphatic heterocycles. The van der Waals surface area contributed by atoms with Crippen LogP contribution in [0.3, 0.4) is 0 Å². The molecule has 3 heterocycles. The molecule has 0 aliphatic carbocycles. The molecule has 0 aromatic carbocycles. The van der Waals surface area contributed by atoms with Gasteiger partial charge in [0.1, 0.15) is 11.2 Å². The van der Waals surface area contributed by atoms with Crippen molar-refractivity contribution in [2.24, 2.45) is 0 Å². The Labute approximate surface area is 107 Å². The summed E-state index contributed by atoms with van der Waals surface area (Å²) in [4.78, 5) is 10.9. The molecule has 7 heteroatoms. The smallest absolute Gasteiger partial charge is 0.340 e. The van der Waals surface area contributed by atoms with Crippen LogP contribution in [0.15, 0.2) is 12.3 Å². The molecule has 0 spiro atoms. The first-order valence-corrected chi connectivity index (χ1v) is 6.03. The Balaban J connectivity index is 2.19. The topological polar surface area (TPSA) is 53.6 Å². The zero-order valence-electron chi connectivity index (χ0n) is 10.3. The Bertz CT molecular complexity index is 611. The summed E-state index contributed by atoms with van der Waals surface area (Å²) in [6.45, 7) is 2.01. The normalized spacial score (nSPS) is 24.2. The molecule has 3 rings (SSSR count). The third-order valence-electron chi connectivity index (χ3n) is 3.75. The molecule has 1 saturated heterocycles. The third-order valence-corrected chi connectivity index (χ3v) is 3.75. The van der Waals surface area contributed by atoms with Crippen LogP contribution in [0.4, 0.5) is 13.2 Å². The van der Waals surface area contributed by atoms with E-state index in [-0.39, 0.29) is 18.8 Å². The quantitative estimate of drug-likeness (QED) is 0.834. The van der Waals surface area contributed by atoms with E-state index in [4.69, 9.17) is 0 Å². The Kier molecular flexibility index (Phi) is 2.57. The summed E-state index contributed by atoms with van der Waals surface area (Å²) in [5.74, 6) is -0.0400. The van der Waals surface area contributed by atoms with Gasteiger partial charge in [-0.2, -0.15) is 13.2 Å². The number of hydrogen-bond acceptors (Lipinski definition) is 3. The number of alkyl halides is 3. The summed E-state index contributed by atoms with van der Waals surface area (Å²) >= 11 is 0. The first kappa shape index (κ1) is 12.4. The average Bonchev–Trinajstić information content (AvgIpc) is 2.95. The number of hydrogen-bond donors (Lipinski definition) is 2. The molecule has 0 radical (unpaired) electrons. The van der Waals surface area contributed by atoms with E-state index in [1.807, 2.05) is 6.92 Å². The monoisotopic (exact) mass is 270 g/mol. The SMILES string of the molecule is Cc1ccnc2nc(C3(C(F)(F)F)CCNC3)[nH]c12. The van der Waals surface area contributed by atoms with Gasteiger partial charge in [0.15, 0.2) is 5.65 Å². The summed E-state index contributed by atoms with van der Waals surface area (Å²) in [6, 6.07) is 1.75. The summed E-state index contributed by atoms with van der Waals surface area (Å²) in [5, 5.41) is 2.78. The van der Waals surface area contributed by atoms with E-state index in [1.54, 1.807) is 12.3 Å². The molecule has 2 aromatic heterocycles. The van der Waals surface area contributed by atoms with E-state index >= 15 is 0 Å². The number of nitrogens with one attached hydrogen (secondary N) is 2. The molecule has 19 heavy (non-hydrogen) atoms. The van der Waals surface area contributed by atoms with Crippen LogP contribution in [-0.4, -0.2) is 34.2 Å². The van der Waals surface area contributed by atoms with Gasteiger partial charge in [-0.3, -0.25) is 0 Å². The molecule has 2 N–H and O–H groups in total. The van der Waals surface area contributed by atoms with Gasteiger partial charge in [-0.25, -0.2) is 9.97 Å². The van der Waals surface area contributed by atoms with Crippen molar-refractivity contribution in [3.63, 3.8) is 0 Å². The second kappa shape index (κ2) is 3.93. The fourth-order valence-corrected chi connectivity index (χ4v) is 2.53. The summed E-state index contributed by atoms with van der Waals surface area (Å²) in [5.41, 5.74) is -0.175. The standard InChI is InChI=1S/C12H13F3N4/c1-7-2-4-17-9-8(7)18-10(19-9)11(12(13,14)15)3-5-16-6-11/h2,4,16H,3,5-6H2,1H3,(H,17,18,19). The average molecular weight is 270 g/mol. The number of aryl methyl sites for hydroxylation is 1. The lowest BCUT2D eigenvalue weighted by molar-refractivity contribution is -0.186. The highest BCUT2D eigenvalue weighted by molar-refractivity contribution is 5.74. The van der Waals surface area contributed by atoms with E-state index < -0.39 is 11.6 Å². The molecular weight excluding hydrogens is 257 g/mol. The first-order chi connectivity index (χ1) is 8.94. The van der Waals surface area contributed by atoms with Crippen molar-refractivity contribution in [3.05, 3.63) is 23.7 Å². The highest BCUT2D eigenvalue weighted by Gasteiger charge is 2.59. The number of rotatable bonds is 1. The van der Waals surface area contributed by atoms with Gasteiger partial charge in [0.2, 0.25) is 0 Å². The summed E-state index contributed by atoms with van der Waals surface area (Å²) in [6.07, 6.45) is -2.79. The Morgan fingerprint density at radius 1 is 1.37 bits per heavy atom. The number of nitrogens with zero attached hydrogens (tertiary/aromatic N) is 2.